The maximum atomic E-state index is 3.84. The zero-order valence-electron chi connectivity index (χ0n) is 9.33. The molecule has 0 rings (SSSR count). The second-order valence-electron chi connectivity index (χ2n) is 3.93. The number of hydrogen-bond donors (Lipinski definition) is 1. The van der Waals surface area contributed by atoms with E-state index in [1.807, 2.05) is 13.0 Å². The van der Waals surface area contributed by atoms with E-state index >= 15 is 0 Å². The highest BCUT2D eigenvalue weighted by Crippen LogP contribution is 2.12. The molecule has 13 heavy (non-hydrogen) atoms. The molecule has 0 aromatic carbocycles. The Hall–Kier alpha value is -0.795. The fourth-order valence-electron chi connectivity index (χ4n) is 1.53. The Labute approximate surface area is 81.9 Å². The Bertz CT molecular complexity index is 189. The molecule has 1 atom stereocenters. The molecule has 0 aromatic rings. The summed E-state index contributed by atoms with van der Waals surface area (Å²) in [5, 5.41) is 7.53. The first-order valence-corrected chi connectivity index (χ1v) is 4.74. The number of rotatable bonds is 5. The predicted molar refractivity (Wildman–Crippen MR) is 59.4 cm³/mol. The van der Waals surface area contributed by atoms with Crippen LogP contribution in [0.3, 0.4) is 0 Å². The van der Waals surface area contributed by atoms with Crippen LogP contribution in [-0.4, -0.2) is 19.8 Å². The molecule has 0 radical (unpaired) electrons. The number of allylic oxidation sites excluding steroid dienone is 1. The molecule has 0 aliphatic rings. The van der Waals surface area contributed by atoms with Crippen molar-refractivity contribution in [1.29, 1.82) is 0 Å². The third-order valence-electron chi connectivity index (χ3n) is 1.77. The molecule has 0 aliphatic heterocycles. The first-order valence-electron chi connectivity index (χ1n) is 4.74. The van der Waals surface area contributed by atoms with E-state index in [2.05, 4.69) is 42.6 Å². The first kappa shape index (κ1) is 12.2. The minimum absolute atomic E-state index is 0.0670. The normalized spacial score (nSPS) is 16.8. The molecule has 0 spiro atoms. The molecule has 0 saturated carbocycles. The van der Waals surface area contributed by atoms with Crippen LogP contribution in [0.5, 0.6) is 0 Å². The SMILES string of the molecule is C/C=C\C(C)(BC(C)C)N/N=N\C. The molecule has 0 amide bonds. The van der Waals surface area contributed by atoms with Crippen molar-refractivity contribution in [2.45, 2.75) is 39.0 Å². The molecule has 4 heteroatoms. The van der Waals surface area contributed by atoms with Gasteiger partial charge in [0.25, 0.3) is 0 Å². The largest absolute Gasteiger partial charge is 0.290 e. The summed E-state index contributed by atoms with van der Waals surface area (Å²) in [5.74, 6) is 0.640. The third kappa shape index (κ3) is 5.44. The van der Waals surface area contributed by atoms with Gasteiger partial charge in [-0.05, 0) is 13.8 Å². The summed E-state index contributed by atoms with van der Waals surface area (Å²) in [6, 6.07) is 0. The second-order valence-corrected chi connectivity index (χ2v) is 3.93. The lowest BCUT2D eigenvalue weighted by atomic mass is 9.52. The molecule has 1 N–H and O–H groups in total. The fraction of sp³-hybridized carbons (Fsp3) is 0.778. The third-order valence-corrected chi connectivity index (χ3v) is 1.77. The number of nitrogens with zero attached hydrogens (tertiary/aromatic N) is 2. The Morgan fingerprint density at radius 1 is 1.46 bits per heavy atom. The van der Waals surface area contributed by atoms with Gasteiger partial charge in [0.1, 0.15) is 0 Å². The molecule has 0 aliphatic carbocycles. The minimum Gasteiger partial charge on any atom is -0.290 e. The van der Waals surface area contributed by atoms with Crippen LogP contribution in [0.2, 0.25) is 5.82 Å². The maximum absolute atomic E-state index is 3.84. The maximum Gasteiger partial charge on any atom is 0.162 e. The van der Waals surface area contributed by atoms with Crippen molar-refractivity contribution in [1.82, 2.24) is 5.43 Å². The lowest BCUT2D eigenvalue weighted by Gasteiger charge is -2.25. The van der Waals surface area contributed by atoms with Gasteiger partial charge >= 0.3 is 0 Å². The summed E-state index contributed by atoms with van der Waals surface area (Å²) in [6.45, 7) is 8.55. The smallest absolute Gasteiger partial charge is 0.162 e. The van der Waals surface area contributed by atoms with Crippen molar-refractivity contribution in [3.63, 3.8) is 0 Å². The van der Waals surface area contributed by atoms with Gasteiger partial charge in [-0.1, -0.05) is 37.0 Å². The van der Waals surface area contributed by atoms with E-state index in [4.69, 9.17) is 0 Å². The van der Waals surface area contributed by atoms with E-state index in [-0.39, 0.29) is 5.44 Å². The quantitative estimate of drug-likeness (QED) is 0.300. The van der Waals surface area contributed by atoms with Crippen LogP contribution in [0.15, 0.2) is 22.5 Å². The average molecular weight is 181 g/mol. The minimum atomic E-state index is -0.0670. The van der Waals surface area contributed by atoms with Crippen LogP contribution >= 0.6 is 0 Å². The van der Waals surface area contributed by atoms with Crippen molar-refractivity contribution < 1.29 is 0 Å². The molecule has 0 aromatic heterocycles. The van der Waals surface area contributed by atoms with Gasteiger partial charge in [-0.3, -0.25) is 5.43 Å². The van der Waals surface area contributed by atoms with Crippen LogP contribution in [-0.2, 0) is 0 Å². The van der Waals surface area contributed by atoms with Crippen LogP contribution in [0, 0.1) is 0 Å². The second kappa shape index (κ2) is 5.78. The summed E-state index contributed by atoms with van der Waals surface area (Å²) in [5.41, 5.74) is 2.98. The summed E-state index contributed by atoms with van der Waals surface area (Å²) in [7, 11) is 2.72. The predicted octanol–water partition coefficient (Wildman–Crippen LogP) is 2.13. The lowest BCUT2D eigenvalue weighted by molar-refractivity contribution is 0.564. The van der Waals surface area contributed by atoms with Gasteiger partial charge in [0.05, 0.1) is 7.05 Å². The van der Waals surface area contributed by atoms with Gasteiger partial charge in [0, 0.05) is 5.44 Å². The summed E-state index contributed by atoms with van der Waals surface area (Å²) < 4.78 is 0. The van der Waals surface area contributed by atoms with Crippen LogP contribution in [0.4, 0.5) is 0 Å². The van der Waals surface area contributed by atoms with Crippen molar-refractivity contribution >= 4 is 7.28 Å². The van der Waals surface area contributed by atoms with E-state index in [1.165, 1.54) is 0 Å². The standard InChI is InChI=1S/C9H20BN3/c1-6-7-9(4,10-8(2)3)12-13-11-5/h6-8,10H,1-5H3,(H,11,12)/b7-6-. The van der Waals surface area contributed by atoms with E-state index in [9.17, 15) is 0 Å². The molecule has 1 unspecified atom stereocenters. The Morgan fingerprint density at radius 3 is 2.46 bits per heavy atom. The molecule has 0 saturated heterocycles. The summed E-state index contributed by atoms with van der Waals surface area (Å²) in [6.07, 6.45) is 4.17. The zero-order valence-corrected chi connectivity index (χ0v) is 9.33. The summed E-state index contributed by atoms with van der Waals surface area (Å²) in [4.78, 5) is 0. The molecule has 74 valence electrons. The molecule has 0 fully saturated rings. The molecule has 0 bridgehead atoms. The van der Waals surface area contributed by atoms with Gasteiger partial charge in [0.2, 0.25) is 0 Å². The van der Waals surface area contributed by atoms with Crippen LogP contribution in [0.1, 0.15) is 27.7 Å². The van der Waals surface area contributed by atoms with E-state index < -0.39 is 0 Å². The van der Waals surface area contributed by atoms with E-state index in [1.54, 1.807) is 7.05 Å². The van der Waals surface area contributed by atoms with Crippen LogP contribution in [0.25, 0.3) is 0 Å². The number of hydrogen-bond acceptors (Lipinski definition) is 2. The van der Waals surface area contributed by atoms with Gasteiger partial charge in [0.15, 0.2) is 7.28 Å². The Kier molecular flexibility index (Phi) is 5.43. The zero-order chi connectivity index (χ0) is 10.3. The van der Waals surface area contributed by atoms with Crippen molar-refractivity contribution in [3.8, 4) is 0 Å². The first-order chi connectivity index (χ1) is 6.04. The van der Waals surface area contributed by atoms with Gasteiger partial charge in [-0.15, -0.1) is 0 Å². The van der Waals surface area contributed by atoms with Gasteiger partial charge in [-0.25, -0.2) is 0 Å². The number of nitrogens with one attached hydrogen (secondary N) is 1. The van der Waals surface area contributed by atoms with Gasteiger partial charge < -0.3 is 0 Å². The highest BCUT2D eigenvalue weighted by molar-refractivity contribution is 6.42. The van der Waals surface area contributed by atoms with Crippen LogP contribution < -0.4 is 5.43 Å². The van der Waals surface area contributed by atoms with Crippen molar-refractivity contribution in [2.24, 2.45) is 10.3 Å². The average Bonchev–Trinajstić information content (AvgIpc) is 2.00. The van der Waals surface area contributed by atoms with E-state index in [0.717, 1.165) is 7.28 Å². The summed E-state index contributed by atoms with van der Waals surface area (Å²) >= 11 is 0. The Morgan fingerprint density at radius 2 is 2.08 bits per heavy atom. The monoisotopic (exact) mass is 181 g/mol. The fourth-order valence-corrected chi connectivity index (χ4v) is 1.53. The molecule has 0 heterocycles. The topological polar surface area (TPSA) is 36.8 Å². The highest BCUT2D eigenvalue weighted by Gasteiger charge is 2.22. The molecular weight excluding hydrogens is 161 g/mol. The van der Waals surface area contributed by atoms with Crippen molar-refractivity contribution in [3.05, 3.63) is 12.2 Å². The van der Waals surface area contributed by atoms with Crippen molar-refractivity contribution in [2.75, 3.05) is 7.05 Å². The molecular formula is C9H20BN3. The highest BCUT2D eigenvalue weighted by atomic mass is 15.4. The molecule has 3 nitrogen and oxygen atoms in total. The van der Waals surface area contributed by atoms with E-state index in [0.29, 0.717) is 5.82 Å². The lowest BCUT2D eigenvalue weighted by Crippen LogP contribution is -2.44. The van der Waals surface area contributed by atoms with Gasteiger partial charge in [-0.2, -0.15) is 5.11 Å². The Balaban J connectivity index is 4.32.